The molecule has 0 aliphatic rings. The minimum absolute atomic E-state index is 0.243. The summed E-state index contributed by atoms with van der Waals surface area (Å²) in [5.74, 6) is -2.21. The fourth-order valence-corrected chi connectivity index (χ4v) is 1.12. The predicted octanol–water partition coefficient (Wildman–Crippen LogP) is 0.106. The number of aliphatic carboxylic acids is 1. The number of hydrogen-bond donors (Lipinski definition) is 0. The summed E-state index contributed by atoms with van der Waals surface area (Å²) in [6.45, 7) is 1.98. The van der Waals surface area contributed by atoms with Gasteiger partial charge in [-0.05, 0) is 6.42 Å². The fourth-order valence-electron chi connectivity index (χ4n) is 1.12. The summed E-state index contributed by atoms with van der Waals surface area (Å²) in [4.78, 5) is 21.3. The number of carbonyl (C=O) groups is 2. The third-order valence-corrected chi connectivity index (χ3v) is 1.85. The van der Waals surface area contributed by atoms with E-state index in [-0.39, 0.29) is 6.42 Å². The Morgan fingerprint density at radius 2 is 2.08 bits per heavy atom. The van der Waals surface area contributed by atoms with E-state index in [9.17, 15) is 14.7 Å². The second-order valence-corrected chi connectivity index (χ2v) is 2.94. The molecule has 1 atom stereocenters. The van der Waals surface area contributed by atoms with E-state index in [0.717, 1.165) is 12.8 Å². The van der Waals surface area contributed by atoms with E-state index in [4.69, 9.17) is 0 Å². The van der Waals surface area contributed by atoms with Crippen LogP contribution in [0.4, 0.5) is 0 Å². The molecule has 0 aromatic rings. The molecular weight excluding hydrogens is 172 g/mol. The van der Waals surface area contributed by atoms with Crippen molar-refractivity contribution in [3.63, 3.8) is 0 Å². The maximum atomic E-state index is 11.0. The summed E-state index contributed by atoms with van der Waals surface area (Å²) in [5.41, 5.74) is 0. The Bertz CT molecular complexity index is 176. The molecule has 0 aromatic heterocycles. The topological polar surface area (TPSA) is 66.4 Å². The first-order chi connectivity index (χ1) is 6.11. The van der Waals surface area contributed by atoms with Crippen LogP contribution in [-0.2, 0) is 14.3 Å². The number of esters is 1. The van der Waals surface area contributed by atoms with Gasteiger partial charge in [0.05, 0.1) is 13.0 Å². The fraction of sp³-hybridized carbons (Fsp3) is 0.778. The van der Waals surface area contributed by atoms with Gasteiger partial charge in [0.2, 0.25) is 0 Å². The zero-order valence-electron chi connectivity index (χ0n) is 8.04. The third kappa shape index (κ3) is 5.22. The van der Waals surface area contributed by atoms with Gasteiger partial charge in [0.15, 0.2) is 0 Å². The minimum Gasteiger partial charge on any atom is -0.550 e. The van der Waals surface area contributed by atoms with E-state index in [0.29, 0.717) is 6.42 Å². The summed E-state index contributed by atoms with van der Waals surface area (Å²) >= 11 is 0. The van der Waals surface area contributed by atoms with Gasteiger partial charge in [0.1, 0.15) is 0 Å². The number of rotatable bonds is 6. The van der Waals surface area contributed by atoms with Crippen LogP contribution >= 0.6 is 0 Å². The summed E-state index contributed by atoms with van der Waals surface area (Å²) in [7, 11) is 1.26. The van der Waals surface area contributed by atoms with Crippen molar-refractivity contribution < 1.29 is 19.4 Å². The Morgan fingerprint density at radius 1 is 1.46 bits per heavy atom. The molecule has 4 heteroatoms. The maximum Gasteiger partial charge on any atom is 0.309 e. The molecule has 0 rings (SSSR count). The molecule has 0 N–H and O–H groups in total. The lowest BCUT2D eigenvalue weighted by Crippen LogP contribution is -2.29. The second-order valence-electron chi connectivity index (χ2n) is 2.94. The van der Waals surface area contributed by atoms with Gasteiger partial charge in [0, 0.05) is 12.4 Å². The molecule has 0 spiro atoms. The van der Waals surface area contributed by atoms with Crippen molar-refractivity contribution in [3.05, 3.63) is 0 Å². The zero-order valence-corrected chi connectivity index (χ0v) is 8.04. The highest BCUT2D eigenvalue weighted by molar-refractivity contribution is 5.78. The summed E-state index contributed by atoms with van der Waals surface area (Å²) < 4.78 is 4.48. The molecule has 0 aliphatic heterocycles. The predicted molar refractivity (Wildman–Crippen MR) is 44.7 cm³/mol. The van der Waals surface area contributed by atoms with E-state index >= 15 is 0 Å². The van der Waals surface area contributed by atoms with E-state index in [1.807, 2.05) is 6.92 Å². The maximum absolute atomic E-state index is 11.0. The molecule has 0 radical (unpaired) electrons. The molecule has 0 fully saturated rings. The third-order valence-electron chi connectivity index (χ3n) is 1.85. The van der Waals surface area contributed by atoms with Gasteiger partial charge >= 0.3 is 5.97 Å². The van der Waals surface area contributed by atoms with Gasteiger partial charge in [-0.1, -0.05) is 19.8 Å². The van der Waals surface area contributed by atoms with Gasteiger partial charge in [-0.2, -0.15) is 0 Å². The number of hydrogen-bond acceptors (Lipinski definition) is 4. The normalized spacial score (nSPS) is 12.2. The van der Waals surface area contributed by atoms with E-state index in [2.05, 4.69) is 4.74 Å². The number of unbranched alkanes of at least 4 members (excludes halogenated alkanes) is 1. The molecule has 13 heavy (non-hydrogen) atoms. The average Bonchev–Trinajstić information content (AvgIpc) is 2.10. The Balaban J connectivity index is 4.02. The van der Waals surface area contributed by atoms with Crippen molar-refractivity contribution in [2.24, 2.45) is 5.92 Å². The molecule has 0 bridgehead atoms. The average molecular weight is 187 g/mol. The Morgan fingerprint density at radius 3 is 2.46 bits per heavy atom. The lowest BCUT2D eigenvalue weighted by atomic mass is 9.99. The van der Waals surface area contributed by atoms with Crippen LogP contribution in [-0.4, -0.2) is 19.0 Å². The summed E-state index contributed by atoms with van der Waals surface area (Å²) in [5, 5.41) is 10.3. The van der Waals surface area contributed by atoms with Gasteiger partial charge in [-0.15, -0.1) is 0 Å². The van der Waals surface area contributed by atoms with Crippen LogP contribution < -0.4 is 5.11 Å². The molecule has 0 saturated carbocycles. The summed E-state index contributed by atoms with van der Waals surface area (Å²) in [6, 6.07) is 0. The molecule has 0 aromatic carbocycles. The van der Waals surface area contributed by atoms with Crippen LogP contribution in [0, 0.1) is 5.92 Å². The number of ether oxygens (including phenoxy) is 1. The standard InChI is InChI=1S/C9H16O4/c1-3-4-5-7(6-8(10)11)9(12)13-2/h7H,3-6H2,1-2H3,(H,10,11)/p-1/t7-/m0/s1. The first-order valence-corrected chi connectivity index (χ1v) is 4.39. The molecule has 76 valence electrons. The molecule has 4 nitrogen and oxygen atoms in total. The molecule has 0 unspecified atom stereocenters. The number of carboxylic acids is 1. The van der Waals surface area contributed by atoms with E-state index < -0.39 is 17.9 Å². The van der Waals surface area contributed by atoms with Crippen molar-refractivity contribution >= 4 is 11.9 Å². The van der Waals surface area contributed by atoms with Crippen molar-refractivity contribution in [2.45, 2.75) is 32.6 Å². The van der Waals surface area contributed by atoms with Crippen LogP contribution in [0.1, 0.15) is 32.6 Å². The van der Waals surface area contributed by atoms with Crippen molar-refractivity contribution in [2.75, 3.05) is 7.11 Å². The van der Waals surface area contributed by atoms with Crippen molar-refractivity contribution in [1.82, 2.24) is 0 Å². The van der Waals surface area contributed by atoms with Crippen molar-refractivity contribution in [1.29, 1.82) is 0 Å². The monoisotopic (exact) mass is 187 g/mol. The van der Waals surface area contributed by atoms with Crippen LogP contribution in [0.5, 0.6) is 0 Å². The highest BCUT2D eigenvalue weighted by Gasteiger charge is 2.18. The van der Waals surface area contributed by atoms with E-state index in [1.54, 1.807) is 0 Å². The molecule has 0 aliphatic carbocycles. The smallest absolute Gasteiger partial charge is 0.309 e. The van der Waals surface area contributed by atoms with E-state index in [1.165, 1.54) is 7.11 Å². The number of methoxy groups -OCH3 is 1. The van der Waals surface area contributed by atoms with Crippen LogP contribution in [0.25, 0.3) is 0 Å². The number of carboxylic acid groups (broad SMARTS) is 1. The zero-order chi connectivity index (χ0) is 10.3. The van der Waals surface area contributed by atoms with Gasteiger partial charge in [0.25, 0.3) is 0 Å². The van der Waals surface area contributed by atoms with Gasteiger partial charge in [-0.3, -0.25) is 4.79 Å². The highest BCUT2D eigenvalue weighted by Crippen LogP contribution is 2.13. The lowest BCUT2D eigenvalue weighted by Gasteiger charge is -2.14. The number of carbonyl (C=O) groups excluding carboxylic acids is 2. The Hall–Kier alpha value is -1.06. The highest BCUT2D eigenvalue weighted by atomic mass is 16.5. The minimum atomic E-state index is -1.20. The van der Waals surface area contributed by atoms with Crippen LogP contribution in [0.3, 0.4) is 0 Å². The lowest BCUT2D eigenvalue weighted by molar-refractivity contribution is -0.306. The SMILES string of the molecule is CCCC[C@@H](CC(=O)[O-])C(=O)OC. The van der Waals surface area contributed by atoms with Gasteiger partial charge in [-0.25, -0.2) is 0 Å². The quantitative estimate of drug-likeness (QED) is 0.553. The Kier molecular flexibility index (Phi) is 5.93. The van der Waals surface area contributed by atoms with Crippen molar-refractivity contribution in [3.8, 4) is 0 Å². The molecular formula is C9H15O4-. The van der Waals surface area contributed by atoms with Gasteiger partial charge < -0.3 is 14.6 Å². The molecule has 0 saturated heterocycles. The van der Waals surface area contributed by atoms with Crippen LogP contribution in [0.15, 0.2) is 0 Å². The Labute approximate surface area is 77.9 Å². The summed E-state index contributed by atoms with van der Waals surface area (Å²) in [6.07, 6.45) is 2.07. The van der Waals surface area contributed by atoms with Crippen LogP contribution in [0.2, 0.25) is 0 Å². The largest absolute Gasteiger partial charge is 0.550 e. The molecule has 0 amide bonds. The first-order valence-electron chi connectivity index (χ1n) is 4.39. The second kappa shape index (κ2) is 6.46. The molecule has 0 heterocycles. The first kappa shape index (κ1) is 11.9.